The molecule has 40 heavy (non-hydrogen) atoms. The van der Waals surface area contributed by atoms with Gasteiger partial charge in [-0.1, -0.05) is 104 Å². The number of hydrogen-bond acceptors (Lipinski definition) is 5. The normalized spacial score (nSPS) is 15.7. The van der Waals surface area contributed by atoms with Crippen LogP contribution >= 0.6 is 0 Å². The van der Waals surface area contributed by atoms with Gasteiger partial charge in [-0.15, -0.1) is 0 Å². The SMILES string of the molecule is CCCCCCCCCCOC(=O)C[N+](C)(C)CCN1CC[N+](C)(CC(=O)OCCCCCCCCCC)CC1. The molecule has 0 saturated carbocycles. The molecule has 1 saturated heterocycles. The molecule has 7 heteroatoms. The summed E-state index contributed by atoms with van der Waals surface area (Å²) in [6.07, 6.45) is 20.0. The zero-order chi connectivity index (χ0) is 29.5. The Labute approximate surface area is 248 Å². The molecule has 0 unspecified atom stereocenters. The van der Waals surface area contributed by atoms with Gasteiger partial charge in [-0.25, -0.2) is 9.59 Å². The Morgan fingerprint density at radius 1 is 0.675 bits per heavy atom. The molecule has 1 aliphatic heterocycles. The van der Waals surface area contributed by atoms with Gasteiger partial charge in [0.2, 0.25) is 0 Å². The number of unbranched alkanes of at least 4 members (excludes halogenated alkanes) is 14. The van der Waals surface area contributed by atoms with E-state index in [1.807, 2.05) is 0 Å². The Bertz CT molecular complexity index is 648. The second kappa shape index (κ2) is 22.4. The minimum Gasteiger partial charge on any atom is -0.462 e. The second-order valence-corrected chi connectivity index (χ2v) is 13.3. The van der Waals surface area contributed by atoms with E-state index in [1.165, 1.54) is 77.0 Å². The van der Waals surface area contributed by atoms with E-state index in [4.69, 9.17) is 9.47 Å². The van der Waals surface area contributed by atoms with Gasteiger partial charge in [-0.3, -0.25) is 4.90 Å². The monoisotopic (exact) mass is 570 g/mol. The number of quaternary nitrogens is 2. The molecule has 0 aromatic rings. The van der Waals surface area contributed by atoms with Gasteiger partial charge in [0.25, 0.3) is 0 Å². The molecule has 0 atom stereocenters. The highest BCUT2D eigenvalue weighted by atomic mass is 16.5. The Balaban J connectivity index is 2.11. The van der Waals surface area contributed by atoms with Crippen LogP contribution in [-0.2, 0) is 19.1 Å². The summed E-state index contributed by atoms with van der Waals surface area (Å²) in [6.45, 7) is 12.2. The van der Waals surface area contributed by atoms with Gasteiger partial charge in [0.05, 0.1) is 54.0 Å². The highest BCUT2D eigenvalue weighted by molar-refractivity contribution is 5.70. The van der Waals surface area contributed by atoms with Crippen LogP contribution in [0.25, 0.3) is 0 Å². The standard InChI is InChI=1S/C33H67N3O4/c1-6-8-10-12-14-16-18-20-28-39-32(37)30-35(3,4)25-22-34-23-26-36(5,27-24-34)31-33(38)40-29-21-19-17-15-13-11-9-7-2/h6-31H2,1-5H3/q+2. The number of likely N-dealkylation sites (N-methyl/N-ethyl adjacent to an activating group) is 2. The van der Waals surface area contributed by atoms with Crippen molar-refractivity contribution in [2.24, 2.45) is 0 Å². The number of esters is 2. The molecule has 0 radical (unpaired) electrons. The van der Waals surface area contributed by atoms with Gasteiger partial charge in [0.1, 0.15) is 0 Å². The van der Waals surface area contributed by atoms with Crippen molar-refractivity contribution < 1.29 is 28.0 Å². The highest BCUT2D eigenvalue weighted by Gasteiger charge is 2.32. The van der Waals surface area contributed by atoms with Gasteiger partial charge >= 0.3 is 11.9 Å². The van der Waals surface area contributed by atoms with Gasteiger partial charge in [0.15, 0.2) is 13.1 Å². The number of carbonyl (C=O) groups excluding carboxylic acids is 2. The molecule has 1 fully saturated rings. The number of ether oxygens (including phenoxy) is 2. The zero-order valence-electron chi connectivity index (χ0n) is 27.4. The molecule has 0 bridgehead atoms. The number of hydrogen-bond donors (Lipinski definition) is 0. The second-order valence-electron chi connectivity index (χ2n) is 13.3. The van der Waals surface area contributed by atoms with Crippen LogP contribution in [0.5, 0.6) is 0 Å². The van der Waals surface area contributed by atoms with Crippen molar-refractivity contribution >= 4 is 11.9 Å². The molecular formula is C33H67N3O4+2. The maximum absolute atomic E-state index is 12.4. The van der Waals surface area contributed by atoms with Crippen LogP contribution in [0, 0.1) is 0 Å². The van der Waals surface area contributed by atoms with Crippen LogP contribution in [-0.4, -0.2) is 113 Å². The summed E-state index contributed by atoms with van der Waals surface area (Å²) < 4.78 is 12.5. The lowest BCUT2D eigenvalue weighted by Gasteiger charge is -2.42. The molecule has 0 aromatic carbocycles. The van der Waals surface area contributed by atoms with E-state index in [-0.39, 0.29) is 11.9 Å². The molecule has 0 N–H and O–H groups in total. The van der Waals surface area contributed by atoms with Crippen molar-refractivity contribution in [3.63, 3.8) is 0 Å². The van der Waals surface area contributed by atoms with E-state index < -0.39 is 0 Å². The van der Waals surface area contributed by atoms with Crippen molar-refractivity contribution in [2.75, 3.05) is 86.7 Å². The van der Waals surface area contributed by atoms with Gasteiger partial charge in [0, 0.05) is 19.6 Å². The lowest BCUT2D eigenvalue weighted by Crippen LogP contribution is -2.60. The van der Waals surface area contributed by atoms with Gasteiger partial charge in [-0.05, 0) is 12.8 Å². The third-order valence-electron chi connectivity index (χ3n) is 8.52. The Morgan fingerprint density at radius 3 is 1.57 bits per heavy atom. The molecule has 7 nitrogen and oxygen atoms in total. The molecule has 236 valence electrons. The van der Waals surface area contributed by atoms with E-state index in [2.05, 4.69) is 39.9 Å². The first-order valence-electron chi connectivity index (χ1n) is 16.9. The van der Waals surface area contributed by atoms with Crippen molar-refractivity contribution in [1.29, 1.82) is 0 Å². The van der Waals surface area contributed by atoms with Crippen LogP contribution < -0.4 is 0 Å². The summed E-state index contributed by atoms with van der Waals surface area (Å²) in [6, 6.07) is 0. The summed E-state index contributed by atoms with van der Waals surface area (Å²) in [5, 5.41) is 0. The maximum Gasteiger partial charge on any atom is 0.361 e. The van der Waals surface area contributed by atoms with Gasteiger partial charge in [-0.2, -0.15) is 0 Å². The largest absolute Gasteiger partial charge is 0.462 e. The maximum atomic E-state index is 12.4. The highest BCUT2D eigenvalue weighted by Crippen LogP contribution is 2.13. The molecule has 1 heterocycles. The van der Waals surface area contributed by atoms with Crippen LogP contribution in [0.1, 0.15) is 117 Å². The number of carbonyl (C=O) groups is 2. The van der Waals surface area contributed by atoms with Crippen LogP contribution in [0.3, 0.4) is 0 Å². The Morgan fingerprint density at radius 2 is 1.10 bits per heavy atom. The topological polar surface area (TPSA) is 55.8 Å². The van der Waals surface area contributed by atoms with E-state index in [0.29, 0.717) is 30.8 Å². The lowest BCUT2D eigenvalue weighted by atomic mass is 10.1. The van der Waals surface area contributed by atoms with Crippen molar-refractivity contribution in [2.45, 2.75) is 117 Å². The molecule has 0 spiro atoms. The van der Waals surface area contributed by atoms with E-state index in [9.17, 15) is 9.59 Å². The first kappa shape index (κ1) is 36.8. The number of rotatable bonds is 25. The average molecular weight is 570 g/mol. The minimum atomic E-state index is -0.0821. The molecule has 1 rings (SSSR count). The fraction of sp³-hybridized carbons (Fsp3) is 0.939. The summed E-state index contributed by atoms with van der Waals surface area (Å²) in [4.78, 5) is 27.3. The average Bonchev–Trinajstić information content (AvgIpc) is 2.90. The van der Waals surface area contributed by atoms with Crippen molar-refractivity contribution in [3.05, 3.63) is 0 Å². The molecule has 1 aliphatic rings. The smallest absolute Gasteiger partial charge is 0.361 e. The quantitative estimate of drug-likeness (QED) is 0.0745. The zero-order valence-corrected chi connectivity index (χ0v) is 27.4. The summed E-state index contributed by atoms with van der Waals surface area (Å²) >= 11 is 0. The van der Waals surface area contributed by atoms with Crippen LogP contribution in [0.2, 0.25) is 0 Å². The summed E-state index contributed by atoms with van der Waals surface area (Å²) in [5.41, 5.74) is 0. The lowest BCUT2D eigenvalue weighted by molar-refractivity contribution is -0.907. The van der Waals surface area contributed by atoms with Crippen LogP contribution in [0.4, 0.5) is 0 Å². The van der Waals surface area contributed by atoms with E-state index in [1.54, 1.807) is 0 Å². The third-order valence-corrected chi connectivity index (χ3v) is 8.52. The van der Waals surface area contributed by atoms with Crippen molar-refractivity contribution in [3.8, 4) is 0 Å². The first-order valence-corrected chi connectivity index (χ1v) is 16.9. The predicted molar refractivity (Wildman–Crippen MR) is 166 cm³/mol. The Hall–Kier alpha value is -1.18. The predicted octanol–water partition coefficient (Wildman–Crippen LogP) is 6.19. The van der Waals surface area contributed by atoms with Crippen molar-refractivity contribution in [1.82, 2.24) is 4.90 Å². The van der Waals surface area contributed by atoms with E-state index in [0.717, 1.165) is 69.4 Å². The third kappa shape index (κ3) is 19.8. The number of nitrogens with zero attached hydrogens (tertiary/aromatic N) is 3. The van der Waals surface area contributed by atoms with E-state index >= 15 is 0 Å². The fourth-order valence-electron chi connectivity index (χ4n) is 5.46. The molecule has 0 aromatic heterocycles. The summed E-state index contributed by atoms with van der Waals surface area (Å²) in [5.74, 6) is -0.136. The number of piperazine rings is 1. The minimum absolute atomic E-state index is 0.0535. The molecular weight excluding hydrogens is 502 g/mol. The van der Waals surface area contributed by atoms with Crippen LogP contribution in [0.15, 0.2) is 0 Å². The fourth-order valence-corrected chi connectivity index (χ4v) is 5.46. The summed E-state index contributed by atoms with van der Waals surface area (Å²) in [7, 11) is 6.41. The molecule has 0 amide bonds. The van der Waals surface area contributed by atoms with Gasteiger partial charge < -0.3 is 18.4 Å². The Kier molecular flexibility index (Phi) is 20.7. The first-order chi connectivity index (χ1) is 19.2. The molecule has 0 aliphatic carbocycles.